The average molecular weight is 374 g/mol. The Balaban J connectivity index is 1.99. The van der Waals surface area contributed by atoms with Gasteiger partial charge in [-0.25, -0.2) is 14.3 Å². The van der Waals surface area contributed by atoms with Crippen molar-refractivity contribution < 1.29 is 19.8 Å². The van der Waals surface area contributed by atoms with Gasteiger partial charge in [0.25, 0.3) is 0 Å². The first-order chi connectivity index (χ1) is 12.5. The number of nitrogens with one attached hydrogen (secondary N) is 2. The number of urea groups is 1. The van der Waals surface area contributed by atoms with Gasteiger partial charge in [0.1, 0.15) is 5.82 Å². The number of hydrogen-bond donors (Lipinski definition) is 4. The zero-order valence-corrected chi connectivity index (χ0v) is 16.0. The van der Waals surface area contributed by atoms with Gasteiger partial charge in [-0.3, -0.25) is 5.32 Å². The third-order valence-electron chi connectivity index (χ3n) is 4.16. The summed E-state index contributed by atoms with van der Waals surface area (Å²) < 4.78 is 1.63. The minimum Gasteiger partial charge on any atom is -0.479 e. The summed E-state index contributed by atoms with van der Waals surface area (Å²) in [6.45, 7) is 7.62. The lowest BCUT2D eigenvalue weighted by molar-refractivity contribution is -0.155. The summed E-state index contributed by atoms with van der Waals surface area (Å²) in [7, 11) is 0. The zero-order valence-electron chi connectivity index (χ0n) is 16.0. The van der Waals surface area contributed by atoms with Crippen LogP contribution in [-0.2, 0) is 16.8 Å². The standard InChI is InChI=1S/C19H26N4O4/c1-18(2,3)14-7-5-13(6-8-14)11-23-15(9-10-21-23)22-17(26)20-12-19(4,27)16(24)25/h5-10,27H,11-12H2,1-4H3,(H,24,25)(H2,20,22,26). The largest absolute Gasteiger partial charge is 0.479 e. The maximum absolute atomic E-state index is 12.0. The highest BCUT2D eigenvalue weighted by Crippen LogP contribution is 2.22. The Morgan fingerprint density at radius 2 is 1.74 bits per heavy atom. The molecule has 1 aromatic carbocycles. The third-order valence-corrected chi connectivity index (χ3v) is 4.16. The van der Waals surface area contributed by atoms with Crippen molar-refractivity contribution in [1.82, 2.24) is 15.1 Å². The van der Waals surface area contributed by atoms with Crippen molar-refractivity contribution in [1.29, 1.82) is 0 Å². The molecule has 8 nitrogen and oxygen atoms in total. The van der Waals surface area contributed by atoms with Gasteiger partial charge in [-0.1, -0.05) is 45.0 Å². The second-order valence-corrected chi connectivity index (χ2v) is 7.71. The predicted octanol–water partition coefficient (Wildman–Crippen LogP) is 2.19. The van der Waals surface area contributed by atoms with Crippen LogP contribution < -0.4 is 10.6 Å². The number of carbonyl (C=O) groups is 2. The molecule has 1 unspecified atom stereocenters. The van der Waals surface area contributed by atoms with E-state index >= 15 is 0 Å². The number of carbonyl (C=O) groups excluding carboxylic acids is 1. The Hall–Kier alpha value is -2.87. The lowest BCUT2D eigenvalue weighted by Crippen LogP contribution is -2.47. The Morgan fingerprint density at radius 3 is 2.30 bits per heavy atom. The second-order valence-electron chi connectivity index (χ2n) is 7.71. The van der Waals surface area contributed by atoms with E-state index in [9.17, 15) is 14.7 Å². The number of aliphatic carboxylic acids is 1. The number of carboxylic acids is 1. The average Bonchev–Trinajstić information content (AvgIpc) is 2.99. The first kappa shape index (κ1) is 20.4. The van der Waals surface area contributed by atoms with E-state index in [0.29, 0.717) is 12.4 Å². The van der Waals surface area contributed by atoms with E-state index in [2.05, 4.69) is 48.6 Å². The summed E-state index contributed by atoms with van der Waals surface area (Å²) in [6.07, 6.45) is 1.56. The van der Waals surface area contributed by atoms with Gasteiger partial charge in [0, 0.05) is 6.07 Å². The molecular formula is C19H26N4O4. The molecule has 1 atom stereocenters. The molecule has 8 heteroatoms. The van der Waals surface area contributed by atoms with E-state index in [1.807, 2.05) is 12.1 Å². The van der Waals surface area contributed by atoms with Crippen molar-refractivity contribution in [3.05, 3.63) is 47.7 Å². The van der Waals surface area contributed by atoms with Crippen LogP contribution in [0.5, 0.6) is 0 Å². The fourth-order valence-electron chi connectivity index (χ4n) is 2.34. The molecule has 0 saturated heterocycles. The molecule has 2 amide bonds. The van der Waals surface area contributed by atoms with E-state index in [-0.39, 0.29) is 5.41 Å². The van der Waals surface area contributed by atoms with Gasteiger partial charge in [-0.2, -0.15) is 5.10 Å². The van der Waals surface area contributed by atoms with Crippen LogP contribution in [0, 0.1) is 0 Å². The SMILES string of the molecule is CC(O)(CNC(=O)Nc1ccnn1Cc1ccc(C(C)(C)C)cc1)C(=O)O. The molecule has 2 aromatic rings. The number of rotatable bonds is 6. The lowest BCUT2D eigenvalue weighted by atomic mass is 9.87. The lowest BCUT2D eigenvalue weighted by Gasteiger charge is -2.19. The van der Waals surface area contributed by atoms with Crippen molar-refractivity contribution >= 4 is 17.8 Å². The molecule has 1 heterocycles. The maximum Gasteiger partial charge on any atom is 0.337 e. The minimum absolute atomic E-state index is 0.0756. The smallest absolute Gasteiger partial charge is 0.337 e. The molecule has 0 aliphatic carbocycles. The molecule has 0 aliphatic rings. The summed E-state index contributed by atoms with van der Waals surface area (Å²) in [5.74, 6) is -0.950. The highest BCUT2D eigenvalue weighted by Gasteiger charge is 2.30. The van der Waals surface area contributed by atoms with Gasteiger partial charge >= 0.3 is 12.0 Å². The predicted molar refractivity (Wildman–Crippen MR) is 102 cm³/mol. The van der Waals surface area contributed by atoms with Gasteiger partial charge in [0.05, 0.1) is 19.3 Å². The van der Waals surface area contributed by atoms with Gasteiger partial charge in [-0.05, 0) is 23.5 Å². The van der Waals surface area contributed by atoms with Gasteiger partial charge in [0.15, 0.2) is 5.60 Å². The fraction of sp³-hybridized carbons (Fsp3) is 0.421. The summed E-state index contributed by atoms with van der Waals surface area (Å²) in [5, 5.41) is 27.6. The van der Waals surface area contributed by atoms with Crippen molar-refractivity contribution in [3.8, 4) is 0 Å². The van der Waals surface area contributed by atoms with Crippen LogP contribution in [0.2, 0.25) is 0 Å². The molecule has 0 bridgehead atoms. The highest BCUT2D eigenvalue weighted by atomic mass is 16.4. The molecule has 146 valence electrons. The monoisotopic (exact) mass is 374 g/mol. The fourth-order valence-corrected chi connectivity index (χ4v) is 2.34. The van der Waals surface area contributed by atoms with Gasteiger partial charge in [0.2, 0.25) is 0 Å². The summed E-state index contributed by atoms with van der Waals surface area (Å²) >= 11 is 0. The maximum atomic E-state index is 12.0. The van der Waals surface area contributed by atoms with E-state index < -0.39 is 24.1 Å². The van der Waals surface area contributed by atoms with Crippen LogP contribution in [0.3, 0.4) is 0 Å². The van der Waals surface area contributed by atoms with E-state index in [1.165, 1.54) is 5.56 Å². The minimum atomic E-state index is -2.04. The van der Waals surface area contributed by atoms with Gasteiger partial charge in [-0.15, -0.1) is 0 Å². The van der Waals surface area contributed by atoms with Crippen LogP contribution in [0.1, 0.15) is 38.8 Å². The van der Waals surface area contributed by atoms with Crippen molar-refractivity contribution in [3.63, 3.8) is 0 Å². The molecular weight excluding hydrogens is 348 g/mol. The topological polar surface area (TPSA) is 116 Å². The Labute approximate surface area is 158 Å². The van der Waals surface area contributed by atoms with Crippen LogP contribution in [0.25, 0.3) is 0 Å². The second kappa shape index (κ2) is 7.79. The first-order valence-electron chi connectivity index (χ1n) is 8.61. The normalized spacial score (nSPS) is 13.7. The van der Waals surface area contributed by atoms with Crippen molar-refractivity contribution in [2.45, 2.75) is 45.3 Å². The number of carboxylic acid groups (broad SMARTS) is 1. The number of aromatic nitrogens is 2. The summed E-state index contributed by atoms with van der Waals surface area (Å²) in [6, 6.07) is 9.21. The molecule has 0 spiro atoms. The number of hydrogen-bond acceptors (Lipinski definition) is 4. The van der Waals surface area contributed by atoms with Crippen LogP contribution in [0.4, 0.5) is 10.6 Å². The number of aliphatic hydroxyl groups is 1. The molecule has 4 N–H and O–H groups in total. The Bertz CT molecular complexity index is 804. The molecule has 0 radical (unpaired) electrons. The van der Waals surface area contributed by atoms with E-state index in [1.54, 1.807) is 16.9 Å². The quantitative estimate of drug-likeness (QED) is 0.618. The van der Waals surface area contributed by atoms with Crippen molar-refractivity contribution in [2.24, 2.45) is 0 Å². The van der Waals surface area contributed by atoms with Crippen LogP contribution >= 0.6 is 0 Å². The van der Waals surface area contributed by atoms with Crippen molar-refractivity contribution in [2.75, 3.05) is 11.9 Å². The Kier molecular flexibility index (Phi) is 5.90. The number of nitrogens with zero attached hydrogens (tertiary/aromatic N) is 2. The van der Waals surface area contributed by atoms with E-state index in [4.69, 9.17) is 5.11 Å². The number of amides is 2. The van der Waals surface area contributed by atoms with Crippen LogP contribution in [0.15, 0.2) is 36.5 Å². The number of anilines is 1. The van der Waals surface area contributed by atoms with Crippen LogP contribution in [-0.4, -0.2) is 44.1 Å². The molecule has 2 rings (SSSR count). The number of benzene rings is 1. The summed E-state index contributed by atoms with van der Waals surface area (Å²) in [4.78, 5) is 22.8. The zero-order chi connectivity index (χ0) is 20.2. The summed E-state index contributed by atoms with van der Waals surface area (Å²) in [5.41, 5.74) is 0.303. The molecule has 0 saturated carbocycles. The Morgan fingerprint density at radius 1 is 1.11 bits per heavy atom. The van der Waals surface area contributed by atoms with Gasteiger partial charge < -0.3 is 15.5 Å². The van der Waals surface area contributed by atoms with E-state index in [0.717, 1.165) is 12.5 Å². The molecule has 1 aromatic heterocycles. The highest BCUT2D eigenvalue weighted by molar-refractivity contribution is 5.89. The molecule has 0 fully saturated rings. The molecule has 27 heavy (non-hydrogen) atoms. The third kappa shape index (κ3) is 5.55. The molecule has 0 aliphatic heterocycles. The first-order valence-corrected chi connectivity index (χ1v) is 8.61.